The van der Waals surface area contributed by atoms with E-state index < -0.39 is 10.0 Å². The molecule has 0 radical (unpaired) electrons. The molecular weight excluding hydrogens is 254 g/mol. The number of rotatable bonds is 9. The predicted octanol–water partition coefficient (Wildman–Crippen LogP) is -0.241. The van der Waals surface area contributed by atoms with E-state index in [1.165, 1.54) is 14.1 Å². The molecular formula is C11H25N3O3S. The Morgan fingerprint density at radius 3 is 2.44 bits per heavy atom. The summed E-state index contributed by atoms with van der Waals surface area (Å²) in [6, 6.07) is 0. The van der Waals surface area contributed by atoms with Gasteiger partial charge in [-0.05, 0) is 25.3 Å². The third-order valence-corrected chi connectivity index (χ3v) is 4.59. The molecule has 0 fully saturated rings. The van der Waals surface area contributed by atoms with Crippen LogP contribution in [0.2, 0.25) is 0 Å². The first-order valence-corrected chi connectivity index (χ1v) is 7.77. The molecule has 108 valence electrons. The van der Waals surface area contributed by atoms with Crippen LogP contribution in [-0.4, -0.2) is 51.6 Å². The Bertz CT molecular complexity index is 341. The Kier molecular flexibility index (Phi) is 8.13. The molecule has 0 heterocycles. The number of nitrogens with one attached hydrogen (secondary N) is 1. The van der Waals surface area contributed by atoms with Crippen LogP contribution in [0.25, 0.3) is 0 Å². The maximum atomic E-state index is 11.5. The zero-order valence-corrected chi connectivity index (χ0v) is 12.3. The molecule has 1 amide bonds. The molecule has 0 bridgehead atoms. The summed E-state index contributed by atoms with van der Waals surface area (Å²) in [5, 5.41) is 2.62. The third-order valence-electron chi connectivity index (χ3n) is 2.76. The maximum absolute atomic E-state index is 11.5. The van der Waals surface area contributed by atoms with Gasteiger partial charge in [-0.1, -0.05) is 6.92 Å². The van der Waals surface area contributed by atoms with E-state index in [0.717, 1.165) is 17.1 Å². The molecule has 1 atom stereocenters. The maximum Gasteiger partial charge on any atom is 0.220 e. The van der Waals surface area contributed by atoms with E-state index in [-0.39, 0.29) is 18.2 Å². The van der Waals surface area contributed by atoms with Gasteiger partial charge in [-0.3, -0.25) is 4.79 Å². The van der Waals surface area contributed by atoms with Gasteiger partial charge in [0.1, 0.15) is 0 Å². The van der Waals surface area contributed by atoms with Gasteiger partial charge in [-0.2, -0.15) is 0 Å². The summed E-state index contributed by atoms with van der Waals surface area (Å²) >= 11 is 0. The Balaban J connectivity index is 3.79. The second-order valence-electron chi connectivity index (χ2n) is 4.67. The first-order chi connectivity index (χ1) is 8.29. The Hall–Kier alpha value is -0.660. The summed E-state index contributed by atoms with van der Waals surface area (Å²) in [7, 11) is -0.276. The largest absolute Gasteiger partial charge is 0.355 e. The lowest BCUT2D eigenvalue weighted by Crippen LogP contribution is -2.33. The predicted molar refractivity (Wildman–Crippen MR) is 72.6 cm³/mol. The van der Waals surface area contributed by atoms with E-state index in [9.17, 15) is 13.2 Å². The normalized spacial score (nSPS) is 13.6. The molecule has 0 rings (SSSR count). The van der Waals surface area contributed by atoms with Crippen LogP contribution in [0, 0.1) is 5.92 Å². The van der Waals surface area contributed by atoms with E-state index in [4.69, 9.17) is 5.73 Å². The van der Waals surface area contributed by atoms with Crippen molar-refractivity contribution in [3.63, 3.8) is 0 Å². The number of hydrogen-bond acceptors (Lipinski definition) is 4. The van der Waals surface area contributed by atoms with E-state index in [1.54, 1.807) is 0 Å². The van der Waals surface area contributed by atoms with Gasteiger partial charge in [0.15, 0.2) is 0 Å². The van der Waals surface area contributed by atoms with Crippen molar-refractivity contribution in [2.45, 2.75) is 26.2 Å². The smallest absolute Gasteiger partial charge is 0.220 e. The Labute approximate surface area is 110 Å². The van der Waals surface area contributed by atoms with Gasteiger partial charge in [-0.25, -0.2) is 12.7 Å². The standard InChI is InChI=1S/C11H25N3O3S/c1-10(6-7-12)4-5-11(15)13-8-9-18(16,17)14(2)3/h10H,4-9,12H2,1-3H3,(H,13,15). The van der Waals surface area contributed by atoms with Crippen LogP contribution in [0.15, 0.2) is 0 Å². The van der Waals surface area contributed by atoms with Crippen molar-refractivity contribution >= 4 is 15.9 Å². The van der Waals surface area contributed by atoms with Gasteiger partial charge < -0.3 is 11.1 Å². The molecule has 0 aromatic rings. The average Bonchev–Trinajstić information content (AvgIpc) is 2.26. The van der Waals surface area contributed by atoms with Crippen molar-refractivity contribution in [1.82, 2.24) is 9.62 Å². The molecule has 0 aromatic heterocycles. The van der Waals surface area contributed by atoms with Crippen LogP contribution in [0.3, 0.4) is 0 Å². The number of carbonyl (C=O) groups excluding carboxylic acids is 1. The Morgan fingerprint density at radius 1 is 1.33 bits per heavy atom. The van der Waals surface area contributed by atoms with Crippen LogP contribution < -0.4 is 11.1 Å². The van der Waals surface area contributed by atoms with Crippen LogP contribution in [0.4, 0.5) is 0 Å². The minimum Gasteiger partial charge on any atom is -0.355 e. The monoisotopic (exact) mass is 279 g/mol. The van der Waals surface area contributed by atoms with Gasteiger partial charge in [0.25, 0.3) is 0 Å². The first kappa shape index (κ1) is 17.3. The summed E-state index contributed by atoms with van der Waals surface area (Å²) in [6.07, 6.45) is 2.11. The van der Waals surface area contributed by atoms with E-state index in [1.807, 2.05) is 0 Å². The van der Waals surface area contributed by atoms with Crippen molar-refractivity contribution < 1.29 is 13.2 Å². The topological polar surface area (TPSA) is 92.5 Å². The minimum absolute atomic E-state index is 0.0654. The average molecular weight is 279 g/mol. The van der Waals surface area contributed by atoms with E-state index in [0.29, 0.717) is 18.9 Å². The van der Waals surface area contributed by atoms with Gasteiger partial charge in [0.05, 0.1) is 5.75 Å². The SMILES string of the molecule is CC(CCN)CCC(=O)NCCS(=O)(=O)N(C)C. The second kappa shape index (κ2) is 8.44. The van der Waals surface area contributed by atoms with Crippen LogP contribution in [0.1, 0.15) is 26.2 Å². The van der Waals surface area contributed by atoms with E-state index in [2.05, 4.69) is 12.2 Å². The zero-order valence-electron chi connectivity index (χ0n) is 11.5. The molecule has 0 spiro atoms. The quantitative estimate of drug-likeness (QED) is 0.609. The first-order valence-electron chi connectivity index (χ1n) is 6.16. The molecule has 0 aliphatic heterocycles. The third kappa shape index (κ3) is 7.62. The highest BCUT2D eigenvalue weighted by atomic mass is 32.2. The summed E-state index contributed by atoms with van der Waals surface area (Å²) in [5.74, 6) is 0.253. The van der Waals surface area contributed by atoms with Gasteiger partial charge in [0.2, 0.25) is 15.9 Å². The number of carbonyl (C=O) groups is 1. The van der Waals surface area contributed by atoms with Crippen molar-refractivity contribution in [2.24, 2.45) is 11.7 Å². The van der Waals surface area contributed by atoms with Gasteiger partial charge in [0, 0.05) is 27.1 Å². The van der Waals surface area contributed by atoms with Gasteiger partial charge in [-0.15, -0.1) is 0 Å². The van der Waals surface area contributed by atoms with Crippen LogP contribution in [-0.2, 0) is 14.8 Å². The number of sulfonamides is 1. The lowest BCUT2D eigenvalue weighted by molar-refractivity contribution is -0.121. The minimum atomic E-state index is -3.23. The van der Waals surface area contributed by atoms with Gasteiger partial charge >= 0.3 is 0 Å². The number of hydrogen-bond donors (Lipinski definition) is 2. The fraction of sp³-hybridized carbons (Fsp3) is 0.909. The number of nitrogens with zero attached hydrogens (tertiary/aromatic N) is 1. The fourth-order valence-corrected chi connectivity index (χ4v) is 2.12. The van der Waals surface area contributed by atoms with E-state index >= 15 is 0 Å². The molecule has 1 unspecified atom stereocenters. The van der Waals surface area contributed by atoms with Crippen LogP contribution in [0.5, 0.6) is 0 Å². The lowest BCUT2D eigenvalue weighted by Gasteiger charge is -2.12. The van der Waals surface area contributed by atoms with Crippen LogP contribution >= 0.6 is 0 Å². The molecule has 0 aliphatic rings. The summed E-state index contributed by atoms with van der Waals surface area (Å²) in [5.41, 5.74) is 5.42. The highest BCUT2D eigenvalue weighted by molar-refractivity contribution is 7.89. The molecule has 0 aromatic carbocycles. The van der Waals surface area contributed by atoms with Crippen molar-refractivity contribution in [1.29, 1.82) is 0 Å². The Morgan fingerprint density at radius 2 is 1.94 bits per heavy atom. The second-order valence-corrected chi connectivity index (χ2v) is 6.97. The molecule has 7 heteroatoms. The van der Waals surface area contributed by atoms with Crippen molar-refractivity contribution in [2.75, 3.05) is 32.9 Å². The molecule has 6 nitrogen and oxygen atoms in total. The fourth-order valence-electron chi connectivity index (χ4n) is 1.40. The summed E-state index contributed by atoms with van der Waals surface area (Å²) in [6.45, 7) is 2.84. The van der Waals surface area contributed by atoms with Crippen molar-refractivity contribution in [3.05, 3.63) is 0 Å². The lowest BCUT2D eigenvalue weighted by atomic mass is 10.0. The molecule has 0 aliphatic carbocycles. The van der Waals surface area contributed by atoms with Crippen molar-refractivity contribution in [3.8, 4) is 0 Å². The molecule has 0 saturated heterocycles. The highest BCUT2D eigenvalue weighted by Crippen LogP contribution is 2.08. The molecule has 0 saturated carbocycles. The molecule has 18 heavy (non-hydrogen) atoms. The highest BCUT2D eigenvalue weighted by Gasteiger charge is 2.13. The molecule has 3 N–H and O–H groups in total. The zero-order chi connectivity index (χ0) is 14.2. The number of nitrogens with two attached hydrogens (primary N) is 1. The summed E-state index contributed by atoms with van der Waals surface area (Å²) < 4.78 is 24.0. The number of amides is 1. The summed E-state index contributed by atoms with van der Waals surface area (Å²) in [4.78, 5) is 11.5.